The summed E-state index contributed by atoms with van der Waals surface area (Å²) in [5, 5.41) is 11.8. The Morgan fingerprint density at radius 1 is 1.40 bits per heavy atom. The second-order valence-corrected chi connectivity index (χ2v) is 4.76. The number of urea groups is 1. The summed E-state index contributed by atoms with van der Waals surface area (Å²) in [6.45, 7) is 3.65. The highest BCUT2D eigenvalue weighted by Gasteiger charge is 2.21. The van der Waals surface area contributed by atoms with Gasteiger partial charge in [-0.05, 0) is 25.5 Å². The zero-order valence-electron chi connectivity index (χ0n) is 11.3. The Bertz CT molecular complexity index is 504. The maximum atomic E-state index is 12.2. The Morgan fingerprint density at radius 3 is 2.90 bits per heavy atom. The number of para-hydroxylation sites is 1. The molecular weight excluding hydrogens is 260 g/mol. The minimum atomic E-state index is -1.06. The van der Waals surface area contributed by atoms with Gasteiger partial charge >= 0.3 is 12.0 Å². The van der Waals surface area contributed by atoms with Crippen molar-refractivity contribution in [3.05, 3.63) is 29.8 Å². The third-order valence-corrected chi connectivity index (χ3v) is 3.14. The first-order chi connectivity index (χ1) is 9.58. The summed E-state index contributed by atoms with van der Waals surface area (Å²) in [6.07, 6.45) is 0.760. The third-order valence-electron chi connectivity index (χ3n) is 3.14. The quantitative estimate of drug-likeness (QED) is 0.867. The van der Waals surface area contributed by atoms with Gasteiger partial charge in [-0.2, -0.15) is 0 Å². The molecule has 0 radical (unpaired) electrons. The molecule has 1 aromatic rings. The van der Waals surface area contributed by atoms with Crippen LogP contribution in [0.25, 0.3) is 0 Å². The predicted octanol–water partition coefficient (Wildman–Crippen LogP) is 2.03. The van der Waals surface area contributed by atoms with Crippen molar-refractivity contribution in [2.45, 2.75) is 19.4 Å². The van der Waals surface area contributed by atoms with Crippen molar-refractivity contribution in [1.82, 2.24) is 4.90 Å². The number of hydrogen-bond donors (Lipinski definition) is 2. The molecular formula is C14H18N2O4. The number of nitrogens with zero attached hydrogens (tertiary/aromatic N) is 1. The van der Waals surface area contributed by atoms with E-state index in [1.165, 1.54) is 6.07 Å². The molecule has 2 rings (SSSR count). The number of rotatable bonds is 2. The Hall–Kier alpha value is -2.08. The highest BCUT2D eigenvalue weighted by Crippen LogP contribution is 2.16. The molecule has 1 fully saturated rings. The normalized spacial score (nSPS) is 19.2. The standard InChI is InChI=1S/C14H18N2O4/c1-10-9-16(7-4-8-20-10)14(19)15-12-6-3-2-5-11(12)13(17)18/h2-3,5-6,10H,4,7-9H2,1H3,(H,15,19)(H,17,18). The number of carboxylic acid groups (broad SMARTS) is 1. The molecule has 1 heterocycles. The number of hydrogen-bond acceptors (Lipinski definition) is 3. The topological polar surface area (TPSA) is 78.9 Å². The van der Waals surface area contributed by atoms with Crippen molar-refractivity contribution in [3.8, 4) is 0 Å². The second kappa shape index (κ2) is 6.38. The van der Waals surface area contributed by atoms with Gasteiger partial charge in [0, 0.05) is 19.7 Å². The fraction of sp³-hybridized carbons (Fsp3) is 0.429. The third kappa shape index (κ3) is 3.48. The van der Waals surface area contributed by atoms with Gasteiger partial charge in [-0.1, -0.05) is 12.1 Å². The number of carbonyl (C=O) groups excluding carboxylic acids is 1. The Labute approximate surface area is 117 Å². The van der Waals surface area contributed by atoms with Crippen molar-refractivity contribution in [3.63, 3.8) is 0 Å². The SMILES string of the molecule is CC1CN(C(=O)Nc2ccccc2C(=O)O)CCCO1. The molecule has 0 saturated carbocycles. The maximum Gasteiger partial charge on any atom is 0.337 e. The maximum absolute atomic E-state index is 12.2. The first kappa shape index (κ1) is 14.3. The van der Waals surface area contributed by atoms with Crippen molar-refractivity contribution in [1.29, 1.82) is 0 Å². The van der Waals surface area contributed by atoms with Gasteiger partial charge in [0.25, 0.3) is 0 Å². The van der Waals surface area contributed by atoms with Crippen molar-refractivity contribution in [2.24, 2.45) is 0 Å². The zero-order chi connectivity index (χ0) is 14.5. The number of carboxylic acids is 1. The minimum absolute atomic E-state index is 0.0158. The zero-order valence-corrected chi connectivity index (χ0v) is 11.3. The molecule has 0 spiro atoms. The lowest BCUT2D eigenvalue weighted by Crippen LogP contribution is -2.39. The number of anilines is 1. The predicted molar refractivity (Wildman–Crippen MR) is 74.0 cm³/mol. The molecule has 0 aromatic heterocycles. The van der Waals surface area contributed by atoms with E-state index in [0.29, 0.717) is 25.4 Å². The van der Waals surface area contributed by atoms with Gasteiger partial charge in [0.15, 0.2) is 0 Å². The van der Waals surface area contributed by atoms with Crippen LogP contribution in [-0.4, -0.2) is 47.8 Å². The van der Waals surface area contributed by atoms with Crippen LogP contribution in [0, 0.1) is 0 Å². The van der Waals surface area contributed by atoms with Crippen LogP contribution < -0.4 is 5.32 Å². The fourth-order valence-corrected chi connectivity index (χ4v) is 2.15. The van der Waals surface area contributed by atoms with E-state index >= 15 is 0 Å². The minimum Gasteiger partial charge on any atom is -0.478 e. The summed E-state index contributed by atoms with van der Waals surface area (Å²) < 4.78 is 5.48. The van der Waals surface area contributed by atoms with Crippen molar-refractivity contribution in [2.75, 3.05) is 25.0 Å². The van der Waals surface area contributed by atoms with Gasteiger partial charge in [0.05, 0.1) is 17.4 Å². The van der Waals surface area contributed by atoms with Gasteiger partial charge in [0.1, 0.15) is 0 Å². The van der Waals surface area contributed by atoms with E-state index < -0.39 is 5.97 Å². The molecule has 0 bridgehead atoms. The average molecular weight is 278 g/mol. The van der Waals surface area contributed by atoms with Gasteiger partial charge in [-0.3, -0.25) is 0 Å². The van der Waals surface area contributed by atoms with Gasteiger partial charge in [-0.25, -0.2) is 9.59 Å². The van der Waals surface area contributed by atoms with E-state index in [4.69, 9.17) is 9.84 Å². The molecule has 1 aliphatic rings. The lowest BCUT2D eigenvalue weighted by atomic mass is 10.2. The van der Waals surface area contributed by atoms with Gasteiger partial charge < -0.3 is 20.1 Å². The number of amides is 2. The lowest BCUT2D eigenvalue weighted by Gasteiger charge is -2.22. The van der Waals surface area contributed by atoms with E-state index in [1.54, 1.807) is 23.1 Å². The largest absolute Gasteiger partial charge is 0.478 e. The van der Waals surface area contributed by atoms with Gasteiger partial charge in [0.2, 0.25) is 0 Å². The molecule has 1 aliphatic heterocycles. The summed E-state index contributed by atoms with van der Waals surface area (Å²) in [5.74, 6) is -1.06. The molecule has 6 nitrogen and oxygen atoms in total. The Balaban J connectivity index is 2.09. The molecule has 1 unspecified atom stereocenters. The van der Waals surface area contributed by atoms with Crippen LogP contribution in [-0.2, 0) is 4.74 Å². The highest BCUT2D eigenvalue weighted by atomic mass is 16.5. The first-order valence-corrected chi connectivity index (χ1v) is 6.58. The van der Waals surface area contributed by atoms with Crippen LogP contribution in [0.5, 0.6) is 0 Å². The monoisotopic (exact) mass is 278 g/mol. The summed E-state index contributed by atoms with van der Waals surface area (Å²) in [7, 11) is 0. The molecule has 20 heavy (non-hydrogen) atoms. The van der Waals surface area contributed by atoms with Crippen molar-refractivity contribution >= 4 is 17.7 Å². The number of ether oxygens (including phenoxy) is 1. The Kier molecular flexibility index (Phi) is 4.57. The molecule has 1 atom stereocenters. The van der Waals surface area contributed by atoms with Crippen LogP contribution in [0.1, 0.15) is 23.7 Å². The molecule has 1 saturated heterocycles. The first-order valence-electron chi connectivity index (χ1n) is 6.58. The Morgan fingerprint density at radius 2 is 2.15 bits per heavy atom. The summed E-state index contributed by atoms with van der Waals surface area (Å²) >= 11 is 0. The fourth-order valence-electron chi connectivity index (χ4n) is 2.15. The van der Waals surface area contributed by atoms with Crippen LogP contribution in [0.2, 0.25) is 0 Å². The van der Waals surface area contributed by atoms with E-state index in [9.17, 15) is 9.59 Å². The van der Waals surface area contributed by atoms with E-state index in [1.807, 2.05) is 6.92 Å². The van der Waals surface area contributed by atoms with E-state index in [2.05, 4.69) is 5.32 Å². The van der Waals surface area contributed by atoms with Crippen molar-refractivity contribution < 1.29 is 19.4 Å². The summed E-state index contributed by atoms with van der Waals surface area (Å²) in [4.78, 5) is 25.0. The van der Waals surface area contributed by atoms with Crippen LogP contribution in [0.4, 0.5) is 10.5 Å². The van der Waals surface area contributed by atoms with E-state index in [-0.39, 0.29) is 17.7 Å². The lowest BCUT2D eigenvalue weighted by molar-refractivity contribution is 0.0696. The molecule has 2 amide bonds. The van der Waals surface area contributed by atoms with Gasteiger partial charge in [-0.15, -0.1) is 0 Å². The van der Waals surface area contributed by atoms with Crippen LogP contribution >= 0.6 is 0 Å². The summed E-state index contributed by atoms with van der Waals surface area (Å²) in [6, 6.07) is 6.07. The number of benzene rings is 1. The highest BCUT2D eigenvalue weighted by molar-refractivity contribution is 5.99. The summed E-state index contributed by atoms with van der Waals surface area (Å²) in [5.41, 5.74) is 0.391. The molecule has 1 aromatic carbocycles. The molecule has 2 N–H and O–H groups in total. The van der Waals surface area contributed by atoms with Crippen LogP contribution in [0.15, 0.2) is 24.3 Å². The number of carbonyl (C=O) groups is 2. The number of nitrogens with one attached hydrogen (secondary N) is 1. The average Bonchev–Trinajstić information content (AvgIpc) is 2.64. The smallest absolute Gasteiger partial charge is 0.337 e. The number of aromatic carboxylic acids is 1. The molecule has 6 heteroatoms. The van der Waals surface area contributed by atoms with E-state index in [0.717, 1.165) is 6.42 Å². The second-order valence-electron chi connectivity index (χ2n) is 4.76. The van der Waals surface area contributed by atoms with Crippen LogP contribution in [0.3, 0.4) is 0 Å². The molecule has 0 aliphatic carbocycles. The molecule has 108 valence electrons.